The van der Waals surface area contributed by atoms with E-state index < -0.39 is 0 Å². The summed E-state index contributed by atoms with van der Waals surface area (Å²) in [5.41, 5.74) is 0. The van der Waals surface area contributed by atoms with Crippen LogP contribution >= 0.6 is 0 Å². The summed E-state index contributed by atoms with van der Waals surface area (Å²) in [5, 5.41) is 0. The Balaban J connectivity index is 3.10. The molecule has 1 unspecified atom stereocenters. The second-order valence-corrected chi connectivity index (χ2v) is 4.72. The highest BCUT2D eigenvalue weighted by Gasteiger charge is 2.02. The van der Waals surface area contributed by atoms with Gasteiger partial charge in [0.05, 0.1) is 6.10 Å². The van der Waals surface area contributed by atoms with Gasteiger partial charge < -0.3 is 4.74 Å². The first kappa shape index (κ1) is 16.7. The number of rotatable bonds is 12. The quantitative estimate of drug-likeness (QED) is 0.331. The minimum absolute atomic E-state index is 0.384. The van der Waals surface area contributed by atoms with Gasteiger partial charge in [-0.2, -0.15) is 0 Å². The lowest BCUT2D eigenvalue weighted by atomic mass is 10.1. The maximum atomic E-state index is 5.31. The van der Waals surface area contributed by atoms with Gasteiger partial charge >= 0.3 is 0 Å². The van der Waals surface area contributed by atoms with E-state index >= 15 is 0 Å². The van der Waals surface area contributed by atoms with Crippen molar-refractivity contribution in [1.82, 2.24) is 0 Å². The summed E-state index contributed by atoms with van der Waals surface area (Å²) >= 11 is 0. The van der Waals surface area contributed by atoms with E-state index in [0.717, 1.165) is 6.42 Å². The first-order chi connectivity index (χ1) is 8.35. The molecule has 0 bridgehead atoms. The van der Waals surface area contributed by atoms with Gasteiger partial charge in [0, 0.05) is 7.11 Å². The van der Waals surface area contributed by atoms with Crippen molar-refractivity contribution in [2.45, 2.75) is 77.2 Å². The first-order valence-corrected chi connectivity index (χ1v) is 7.32. The van der Waals surface area contributed by atoms with Gasteiger partial charge in [-0.05, 0) is 32.1 Å². The highest BCUT2D eigenvalue weighted by Crippen LogP contribution is 2.12. The SMILES string of the molecule is [CH2]CC(CCCCCCCCC=CCC)OC. The molecule has 0 aliphatic rings. The van der Waals surface area contributed by atoms with Crippen LogP contribution in [0.25, 0.3) is 0 Å². The van der Waals surface area contributed by atoms with E-state index in [1.165, 1.54) is 57.8 Å². The van der Waals surface area contributed by atoms with Crippen molar-refractivity contribution in [1.29, 1.82) is 0 Å². The zero-order valence-electron chi connectivity index (χ0n) is 11.9. The molecule has 0 spiro atoms. The number of methoxy groups -OCH3 is 1. The van der Waals surface area contributed by atoms with Crippen LogP contribution < -0.4 is 0 Å². The molecule has 1 nitrogen and oxygen atoms in total. The van der Waals surface area contributed by atoms with Crippen molar-refractivity contribution in [3.05, 3.63) is 19.1 Å². The Labute approximate surface area is 109 Å². The molecule has 1 radical (unpaired) electrons. The number of allylic oxidation sites excluding steroid dienone is 2. The van der Waals surface area contributed by atoms with Crippen LogP contribution in [0.5, 0.6) is 0 Å². The van der Waals surface area contributed by atoms with E-state index in [9.17, 15) is 0 Å². The van der Waals surface area contributed by atoms with Gasteiger partial charge in [0.25, 0.3) is 0 Å². The smallest absolute Gasteiger partial charge is 0.0571 e. The van der Waals surface area contributed by atoms with Gasteiger partial charge in [-0.25, -0.2) is 0 Å². The molecule has 0 aromatic heterocycles. The van der Waals surface area contributed by atoms with Crippen molar-refractivity contribution >= 4 is 0 Å². The Morgan fingerprint density at radius 2 is 1.65 bits per heavy atom. The highest BCUT2D eigenvalue weighted by atomic mass is 16.5. The van der Waals surface area contributed by atoms with Crippen molar-refractivity contribution in [3.63, 3.8) is 0 Å². The fourth-order valence-corrected chi connectivity index (χ4v) is 2.01. The van der Waals surface area contributed by atoms with Crippen molar-refractivity contribution in [2.24, 2.45) is 0 Å². The summed E-state index contributed by atoms with van der Waals surface area (Å²) in [6.07, 6.45) is 17.7. The van der Waals surface area contributed by atoms with Crippen LogP contribution in [0.3, 0.4) is 0 Å². The molecule has 0 saturated carbocycles. The maximum Gasteiger partial charge on any atom is 0.0571 e. The third-order valence-corrected chi connectivity index (χ3v) is 3.20. The molecule has 17 heavy (non-hydrogen) atoms. The Morgan fingerprint density at radius 1 is 1.00 bits per heavy atom. The van der Waals surface area contributed by atoms with Gasteiger partial charge in [0.15, 0.2) is 0 Å². The summed E-state index contributed by atoms with van der Waals surface area (Å²) in [5.74, 6) is 0. The topological polar surface area (TPSA) is 9.23 Å². The van der Waals surface area contributed by atoms with Crippen molar-refractivity contribution in [2.75, 3.05) is 7.11 Å². The van der Waals surface area contributed by atoms with Crippen LogP contribution in [0.4, 0.5) is 0 Å². The van der Waals surface area contributed by atoms with Crippen molar-refractivity contribution < 1.29 is 4.74 Å². The van der Waals surface area contributed by atoms with E-state index in [0.29, 0.717) is 6.10 Å². The van der Waals surface area contributed by atoms with E-state index in [2.05, 4.69) is 26.0 Å². The number of unbranched alkanes of at least 4 members (excludes halogenated alkanes) is 6. The monoisotopic (exact) mass is 239 g/mol. The summed E-state index contributed by atoms with van der Waals surface area (Å²) in [6.45, 7) is 6.08. The molecular formula is C16H31O. The molecule has 101 valence electrons. The Hall–Kier alpha value is -0.300. The van der Waals surface area contributed by atoms with Gasteiger partial charge in [0.2, 0.25) is 0 Å². The predicted octanol–water partition coefficient (Wildman–Crippen LogP) is 5.31. The molecule has 1 heteroatoms. The molecule has 0 aliphatic carbocycles. The molecule has 0 amide bonds. The van der Waals surface area contributed by atoms with Crippen LogP contribution in [-0.4, -0.2) is 13.2 Å². The minimum atomic E-state index is 0.384. The van der Waals surface area contributed by atoms with E-state index in [1.807, 2.05) is 0 Å². The zero-order valence-corrected chi connectivity index (χ0v) is 11.9. The van der Waals surface area contributed by atoms with Gasteiger partial charge in [0.1, 0.15) is 0 Å². The van der Waals surface area contributed by atoms with Crippen LogP contribution in [0.1, 0.15) is 71.1 Å². The largest absolute Gasteiger partial charge is 0.381 e. The third kappa shape index (κ3) is 12.0. The molecule has 0 aliphatic heterocycles. The van der Waals surface area contributed by atoms with E-state index in [-0.39, 0.29) is 0 Å². The molecule has 0 aromatic rings. The second kappa shape index (κ2) is 13.8. The van der Waals surface area contributed by atoms with E-state index in [1.54, 1.807) is 7.11 Å². The lowest BCUT2D eigenvalue weighted by molar-refractivity contribution is 0.0947. The maximum absolute atomic E-state index is 5.31. The summed E-state index contributed by atoms with van der Waals surface area (Å²) in [6, 6.07) is 0. The summed E-state index contributed by atoms with van der Waals surface area (Å²) < 4.78 is 5.31. The molecule has 0 rings (SSSR count). The standard InChI is InChI=1S/C16H31O/c1-4-6-7-8-9-10-11-12-13-14-15-16(5-2)17-3/h6-7,16H,2,4-5,8-15H2,1,3H3. The van der Waals surface area contributed by atoms with Crippen molar-refractivity contribution in [3.8, 4) is 0 Å². The lowest BCUT2D eigenvalue weighted by Gasteiger charge is -2.11. The Bertz CT molecular complexity index is 159. The molecule has 0 N–H and O–H groups in total. The van der Waals surface area contributed by atoms with Crippen LogP contribution in [0.15, 0.2) is 12.2 Å². The average molecular weight is 239 g/mol. The molecule has 0 fully saturated rings. The Kier molecular flexibility index (Phi) is 13.5. The average Bonchev–Trinajstić information content (AvgIpc) is 2.36. The third-order valence-electron chi connectivity index (χ3n) is 3.20. The summed E-state index contributed by atoms with van der Waals surface area (Å²) in [4.78, 5) is 0. The molecule has 0 heterocycles. The highest BCUT2D eigenvalue weighted by molar-refractivity contribution is 4.79. The zero-order chi connectivity index (χ0) is 12.8. The van der Waals surface area contributed by atoms with Gasteiger partial charge in [-0.15, -0.1) is 0 Å². The second-order valence-electron chi connectivity index (χ2n) is 4.72. The predicted molar refractivity (Wildman–Crippen MR) is 77.1 cm³/mol. The van der Waals surface area contributed by atoms with Crippen LogP contribution in [-0.2, 0) is 4.74 Å². The molecule has 1 atom stereocenters. The number of ether oxygens (including phenoxy) is 1. The normalized spacial score (nSPS) is 13.4. The molecule has 0 saturated heterocycles. The molecular weight excluding hydrogens is 208 g/mol. The summed E-state index contributed by atoms with van der Waals surface area (Å²) in [7, 11) is 1.79. The van der Waals surface area contributed by atoms with Gasteiger partial charge in [-0.1, -0.05) is 58.1 Å². The number of hydrogen-bond acceptors (Lipinski definition) is 1. The molecule has 0 aromatic carbocycles. The van der Waals surface area contributed by atoms with E-state index in [4.69, 9.17) is 4.74 Å². The van der Waals surface area contributed by atoms with Crippen LogP contribution in [0.2, 0.25) is 0 Å². The Morgan fingerprint density at radius 3 is 2.24 bits per heavy atom. The lowest BCUT2D eigenvalue weighted by Crippen LogP contribution is -2.08. The fourth-order valence-electron chi connectivity index (χ4n) is 2.01. The van der Waals surface area contributed by atoms with Crippen LogP contribution in [0, 0.1) is 6.92 Å². The number of hydrogen-bond donors (Lipinski definition) is 0. The first-order valence-electron chi connectivity index (χ1n) is 7.32. The van der Waals surface area contributed by atoms with Gasteiger partial charge in [-0.3, -0.25) is 0 Å². The minimum Gasteiger partial charge on any atom is -0.381 e. The fraction of sp³-hybridized carbons (Fsp3) is 0.812.